The van der Waals surface area contributed by atoms with Crippen molar-refractivity contribution in [1.29, 1.82) is 0 Å². The Morgan fingerprint density at radius 3 is 2.30 bits per heavy atom. The Bertz CT molecular complexity index is 1560. The van der Waals surface area contributed by atoms with E-state index in [4.69, 9.17) is 21.1 Å². The molecule has 0 atom stereocenters. The van der Waals surface area contributed by atoms with E-state index < -0.39 is 51.9 Å². The van der Waals surface area contributed by atoms with Crippen LogP contribution in [0.2, 0.25) is 5.02 Å². The van der Waals surface area contributed by atoms with Crippen molar-refractivity contribution in [2.24, 2.45) is 7.05 Å². The van der Waals surface area contributed by atoms with Gasteiger partial charge in [-0.25, -0.2) is 33.1 Å². The van der Waals surface area contributed by atoms with Crippen molar-refractivity contribution in [3.05, 3.63) is 77.0 Å². The van der Waals surface area contributed by atoms with E-state index in [2.05, 4.69) is 20.9 Å². The first kappa shape index (κ1) is 28.2. The number of alkyl halides is 3. The van der Waals surface area contributed by atoms with Gasteiger partial charge in [0.1, 0.15) is 22.9 Å². The summed E-state index contributed by atoms with van der Waals surface area (Å²) in [5, 5.41) is -0.432. The summed E-state index contributed by atoms with van der Waals surface area (Å²) >= 11 is 9.11. The van der Waals surface area contributed by atoms with Crippen LogP contribution in [0, 0.1) is 0 Å². The van der Waals surface area contributed by atoms with Crippen LogP contribution in [0.4, 0.5) is 13.2 Å². The number of aromatic nitrogens is 4. The highest BCUT2D eigenvalue weighted by molar-refractivity contribution is 9.10. The van der Waals surface area contributed by atoms with Gasteiger partial charge >= 0.3 is 29.2 Å². The second-order valence-electron chi connectivity index (χ2n) is 8.64. The Morgan fingerprint density at radius 1 is 1.08 bits per heavy atom. The summed E-state index contributed by atoms with van der Waals surface area (Å²) < 4.78 is 51.3. The van der Waals surface area contributed by atoms with Gasteiger partial charge in [0.05, 0.1) is 11.3 Å². The van der Waals surface area contributed by atoms with Crippen molar-refractivity contribution >= 4 is 33.5 Å². The maximum atomic E-state index is 13.2. The molecule has 37 heavy (non-hydrogen) atoms. The van der Waals surface area contributed by atoms with E-state index in [0.717, 1.165) is 7.05 Å². The average molecular weight is 608 g/mol. The molecule has 10 nitrogen and oxygen atoms in total. The normalized spacial score (nSPS) is 11.9. The highest BCUT2D eigenvalue weighted by atomic mass is 79.9. The van der Waals surface area contributed by atoms with E-state index >= 15 is 0 Å². The zero-order chi connectivity index (χ0) is 27.9. The Morgan fingerprint density at radius 2 is 1.73 bits per heavy atom. The molecule has 0 spiro atoms. The number of hydrogen-bond acceptors (Lipinski definition) is 7. The van der Waals surface area contributed by atoms with Gasteiger partial charge in [-0.05, 0) is 54.9 Å². The summed E-state index contributed by atoms with van der Waals surface area (Å²) in [6.07, 6.45) is -4.13. The summed E-state index contributed by atoms with van der Waals surface area (Å²) in [6, 6.07) is 4.59. The number of nitrogens with zero attached hydrogens (tertiary/aromatic N) is 4. The van der Waals surface area contributed by atoms with E-state index in [-0.39, 0.29) is 21.8 Å². The summed E-state index contributed by atoms with van der Waals surface area (Å²) in [7, 11) is 1.12. The van der Waals surface area contributed by atoms with Crippen LogP contribution in [-0.2, 0) is 29.3 Å². The van der Waals surface area contributed by atoms with Gasteiger partial charge in [-0.15, -0.1) is 0 Å². The Balaban J connectivity index is 2.09. The minimum atomic E-state index is -4.66. The van der Waals surface area contributed by atoms with Gasteiger partial charge in [0.15, 0.2) is 0 Å². The number of carbonyl (C=O) groups excluding carboxylic acids is 1. The van der Waals surface area contributed by atoms with Crippen molar-refractivity contribution in [2.45, 2.75) is 39.1 Å². The molecule has 3 rings (SSSR count). The third-order valence-electron chi connectivity index (χ3n) is 4.63. The second kappa shape index (κ2) is 10.2. The SMILES string of the molecule is Cn1c(=O)n(CC(=O)OC(C)(C)C)c(=O)n(-c2cc(Oc3ncc(C(F)(F)F)cc3Cl)ccc2Br)c1=O. The average Bonchev–Trinajstić information content (AvgIpc) is 2.77. The molecule has 0 aliphatic rings. The predicted molar refractivity (Wildman–Crippen MR) is 129 cm³/mol. The topological polar surface area (TPSA) is 114 Å². The third kappa shape index (κ3) is 6.31. The summed E-state index contributed by atoms with van der Waals surface area (Å²) in [5.74, 6) is -1.29. The third-order valence-corrected chi connectivity index (χ3v) is 5.57. The van der Waals surface area contributed by atoms with Crippen LogP contribution >= 0.6 is 27.5 Å². The molecule has 2 heterocycles. The van der Waals surface area contributed by atoms with E-state index in [1.807, 2.05) is 0 Å². The fourth-order valence-electron chi connectivity index (χ4n) is 3.04. The molecule has 0 radical (unpaired) electrons. The summed E-state index contributed by atoms with van der Waals surface area (Å²) in [5.41, 5.74) is -5.27. The lowest BCUT2D eigenvalue weighted by Gasteiger charge is -2.20. The number of benzene rings is 1. The number of halogens is 5. The molecule has 0 N–H and O–H groups in total. The van der Waals surface area contributed by atoms with Gasteiger partial charge in [-0.2, -0.15) is 13.2 Å². The lowest BCUT2D eigenvalue weighted by Crippen LogP contribution is -2.54. The molecule has 0 fully saturated rings. The van der Waals surface area contributed by atoms with Crippen LogP contribution in [0.1, 0.15) is 26.3 Å². The molecule has 0 bridgehead atoms. The van der Waals surface area contributed by atoms with Gasteiger partial charge in [0, 0.05) is 23.8 Å². The maximum absolute atomic E-state index is 13.2. The maximum Gasteiger partial charge on any atom is 0.417 e. The molecule has 0 saturated carbocycles. The quantitative estimate of drug-likeness (QED) is 0.407. The van der Waals surface area contributed by atoms with E-state index in [1.165, 1.54) is 18.2 Å². The van der Waals surface area contributed by atoms with Crippen molar-refractivity contribution in [3.63, 3.8) is 0 Å². The van der Waals surface area contributed by atoms with Gasteiger partial charge in [-0.3, -0.25) is 4.79 Å². The van der Waals surface area contributed by atoms with E-state index in [9.17, 15) is 32.3 Å². The van der Waals surface area contributed by atoms with E-state index in [1.54, 1.807) is 20.8 Å². The zero-order valence-electron chi connectivity index (χ0n) is 19.7. The molecule has 0 aliphatic carbocycles. The monoisotopic (exact) mass is 606 g/mol. The predicted octanol–water partition coefficient (Wildman–Crippen LogP) is 3.66. The molecule has 0 amide bonds. The Labute approximate surface area is 220 Å². The van der Waals surface area contributed by atoms with Crippen molar-refractivity contribution < 1.29 is 27.4 Å². The summed E-state index contributed by atoms with van der Waals surface area (Å²) in [4.78, 5) is 54.5. The second-order valence-corrected chi connectivity index (χ2v) is 9.90. The molecule has 1 aromatic carbocycles. The number of rotatable bonds is 5. The highest BCUT2D eigenvalue weighted by Gasteiger charge is 2.32. The zero-order valence-corrected chi connectivity index (χ0v) is 22.1. The van der Waals surface area contributed by atoms with Gasteiger partial charge in [0.25, 0.3) is 0 Å². The standard InChI is InChI=1S/C22H19BrClF3N4O6/c1-21(2,3)37-16(32)10-30-18(33)29(4)19(34)31(20(30)35)15-8-12(5-6-13(15)23)36-17-14(24)7-11(9-28-17)22(25,26)27/h5-9H,10H2,1-4H3. The molecule has 3 aromatic rings. The molecule has 0 saturated heterocycles. The molecule has 198 valence electrons. The number of pyridine rings is 1. The molecular formula is C22H19BrClF3N4O6. The minimum absolute atomic E-state index is 0.0498. The lowest BCUT2D eigenvalue weighted by molar-refractivity contribution is -0.155. The molecule has 15 heteroatoms. The number of hydrogen-bond donors (Lipinski definition) is 0. The largest absolute Gasteiger partial charge is 0.459 e. The molecular weight excluding hydrogens is 589 g/mol. The van der Waals surface area contributed by atoms with Crippen LogP contribution in [0.5, 0.6) is 11.6 Å². The van der Waals surface area contributed by atoms with Crippen LogP contribution in [0.3, 0.4) is 0 Å². The van der Waals surface area contributed by atoms with Gasteiger partial charge < -0.3 is 9.47 Å². The van der Waals surface area contributed by atoms with Crippen molar-refractivity contribution in [3.8, 4) is 17.3 Å². The Hall–Kier alpha value is -3.39. The highest BCUT2D eigenvalue weighted by Crippen LogP contribution is 2.35. The Kier molecular flexibility index (Phi) is 7.75. The minimum Gasteiger partial charge on any atom is -0.459 e. The molecule has 2 aromatic heterocycles. The number of ether oxygens (including phenoxy) is 2. The molecule has 0 aliphatic heterocycles. The molecule has 0 unspecified atom stereocenters. The smallest absolute Gasteiger partial charge is 0.417 e. The first-order valence-electron chi connectivity index (χ1n) is 10.3. The van der Waals surface area contributed by atoms with Crippen molar-refractivity contribution in [1.82, 2.24) is 18.7 Å². The number of carbonyl (C=O) groups is 1. The van der Waals surface area contributed by atoms with Crippen LogP contribution in [0.25, 0.3) is 5.69 Å². The lowest BCUT2D eigenvalue weighted by atomic mass is 10.2. The fourth-order valence-corrected chi connectivity index (χ4v) is 3.66. The van der Waals surface area contributed by atoms with Crippen molar-refractivity contribution in [2.75, 3.05) is 0 Å². The first-order valence-corrected chi connectivity index (χ1v) is 11.5. The van der Waals surface area contributed by atoms with Gasteiger partial charge in [0.2, 0.25) is 5.88 Å². The first-order chi connectivity index (χ1) is 17.0. The number of esters is 1. The van der Waals surface area contributed by atoms with Crippen LogP contribution < -0.4 is 21.8 Å². The fraction of sp³-hybridized carbons (Fsp3) is 0.318. The van der Waals surface area contributed by atoms with E-state index in [0.29, 0.717) is 26.0 Å². The van der Waals surface area contributed by atoms with Crippen LogP contribution in [0.15, 0.2) is 49.3 Å². The van der Waals surface area contributed by atoms with Gasteiger partial charge in [-0.1, -0.05) is 11.6 Å². The summed E-state index contributed by atoms with van der Waals surface area (Å²) in [6.45, 7) is 4.05. The van der Waals surface area contributed by atoms with Crippen LogP contribution in [-0.4, -0.2) is 30.3 Å².